The van der Waals surface area contributed by atoms with Gasteiger partial charge in [0.2, 0.25) is 6.41 Å². The van der Waals surface area contributed by atoms with Crippen LogP contribution in [0.5, 0.6) is 0 Å². The molecule has 2 N–H and O–H groups in total. The summed E-state index contributed by atoms with van der Waals surface area (Å²) in [6, 6.07) is 9.78. The van der Waals surface area contributed by atoms with Gasteiger partial charge in [-0.3, -0.25) is 14.8 Å². The van der Waals surface area contributed by atoms with Gasteiger partial charge in [-0.15, -0.1) is 0 Å². The van der Waals surface area contributed by atoms with E-state index in [4.69, 9.17) is 15.7 Å². The van der Waals surface area contributed by atoms with Crippen molar-refractivity contribution in [2.75, 3.05) is 13.2 Å². The number of benzene rings is 1. The summed E-state index contributed by atoms with van der Waals surface area (Å²) in [5.41, 5.74) is 7.27. The number of carbonyl (C=O) groups excluding carboxylic acids is 1. The Morgan fingerprint density at radius 1 is 1.25 bits per heavy atom. The van der Waals surface area contributed by atoms with Crippen molar-refractivity contribution in [3.8, 4) is 6.07 Å². The van der Waals surface area contributed by atoms with E-state index in [1.54, 1.807) is 6.07 Å². The molecule has 2 saturated heterocycles. The molecule has 186 valence electrons. The maximum atomic E-state index is 14.4. The van der Waals surface area contributed by atoms with Crippen LogP contribution in [0.1, 0.15) is 47.7 Å². The minimum atomic E-state index is -0.557. The van der Waals surface area contributed by atoms with E-state index >= 15 is 0 Å². The largest absolute Gasteiger partial charge is 0.379 e. The molecule has 2 aromatic rings. The van der Waals surface area contributed by atoms with Crippen LogP contribution >= 0.6 is 11.8 Å². The monoisotopic (exact) mass is 509 g/mol. The molecule has 1 aliphatic carbocycles. The number of rotatable bonds is 4. The number of morpholine rings is 1. The zero-order valence-electron chi connectivity index (χ0n) is 19.4. The topological polar surface area (TPSA) is 105 Å². The van der Waals surface area contributed by atoms with Gasteiger partial charge in [0.15, 0.2) is 5.17 Å². The molecular weight excluding hydrogens is 484 g/mol. The summed E-state index contributed by atoms with van der Waals surface area (Å²) in [5.74, 6) is -0.636. The van der Waals surface area contributed by atoms with Gasteiger partial charge in [-0.1, -0.05) is 17.8 Å². The number of aromatic nitrogens is 1. The predicted octanol–water partition coefficient (Wildman–Crippen LogP) is 4.06. The number of ether oxygens (including phenoxy) is 1. The Balaban J connectivity index is 0.000000222. The van der Waals surface area contributed by atoms with Gasteiger partial charge in [0, 0.05) is 17.0 Å². The number of nitrogens with two attached hydrogens (primary N) is 1. The van der Waals surface area contributed by atoms with Gasteiger partial charge in [0.25, 0.3) is 0 Å². The quantitative estimate of drug-likeness (QED) is 0.624. The second-order valence-corrected chi connectivity index (χ2v) is 10.5. The Morgan fingerprint density at radius 2 is 2.03 bits per heavy atom. The molecule has 1 aromatic heterocycles. The molecule has 36 heavy (non-hydrogen) atoms. The highest BCUT2D eigenvalue weighted by Gasteiger charge is 2.48. The van der Waals surface area contributed by atoms with Crippen LogP contribution < -0.4 is 5.73 Å². The van der Waals surface area contributed by atoms with Crippen molar-refractivity contribution in [1.29, 1.82) is 5.26 Å². The third kappa shape index (κ3) is 5.13. The van der Waals surface area contributed by atoms with E-state index in [1.165, 1.54) is 48.3 Å². The van der Waals surface area contributed by atoms with Crippen molar-refractivity contribution >= 4 is 35.2 Å². The first kappa shape index (κ1) is 24.4. The third-order valence-electron chi connectivity index (χ3n) is 6.91. The number of fused-ring (bicyclic) bond motifs is 3. The molecular formula is C26H25F2N5O2S. The van der Waals surface area contributed by atoms with Gasteiger partial charge in [-0.05, 0) is 61.1 Å². The molecule has 6 rings (SSSR count). The van der Waals surface area contributed by atoms with E-state index in [0.717, 1.165) is 38.9 Å². The number of hydrogen-bond acceptors (Lipinski definition) is 7. The van der Waals surface area contributed by atoms with Crippen LogP contribution in [0.4, 0.5) is 8.78 Å². The number of thioether (sulfide) groups is 1. The molecule has 10 heteroatoms. The first-order valence-corrected chi connectivity index (χ1v) is 12.7. The maximum absolute atomic E-state index is 14.4. The third-order valence-corrected chi connectivity index (χ3v) is 8.10. The van der Waals surface area contributed by atoms with Gasteiger partial charge in [0.1, 0.15) is 17.7 Å². The average molecular weight is 510 g/mol. The van der Waals surface area contributed by atoms with Crippen molar-refractivity contribution in [3.63, 3.8) is 0 Å². The van der Waals surface area contributed by atoms with E-state index in [2.05, 4.69) is 9.98 Å². The summed E-state index contributed by atoms with van der Waals surface area (Å²) in [4.78, 5) is 20.7. The van der Waals surface area contributed by atoms with Gasteiger partial charge in [-0.2, -0.15) is 5.26 Å². The van der Waals surface area contributed by atoms with Gasteiger partial charge < -0.3 is 15.4 Å². The normalized spacial score (nSPS) is 28.2. The molecule has 4 heterocycles. The second-order valence-electron chi connectivity index (χ2n) is 9.26. The van der Waals surface area contributed by atoms with E-state index < -0.39 is 5.83 Å². The molecule has 5 atom stereocenters. The van der Waals surface area contributed by atoms with Crippen molar-refractivity contribution in [2.24, 2.45) is 16.6 Å². The maximum Gasteiger partial charge on any atom is 0.210 e. The lowest BCUT2D eigenvalue weighted by Gasteiger charge is -2.30. The molecule has 0 radical (unpaired) electrons. The molecule has 1 saturated carbocycles. The zero-order valence-corrected chi connectivity index (χ0v) is 20.2. The summed E-state index contributed by atoms with van der Waals surface area (Å²) in [7, 11) is 0. The lowest BCUT2D eigenvalue weighted by molar-refractivity contribution is -0.127. The number of amidine groups is 1. The number of aliphatic imine (C=N–C) groups is 1. The van der Waals surface area contributed by atoms with Gasteiger partial charge in [-0.25, -0.2) is 8.78 Å². The number of nitriles is 1. The first-order valence-electron chi connectivity index (χ1n) is 11.8. The fraction of sp³-hybridized carbons (Fsp3) is 0.385. The highest BCUT2D eigenvalue weighted by atomic mass is 32.2. The van der Waals surface area contributed by atoms with Crippen LogP contribution in [0.15, 0.2) is 41.5 Å². The minimum absolute atomic E-state index is 0.119. The molecule has 3 fully saturated rings. The van der Waals surface area contributed by atoms with Crippen LogP contribution in [-0.2, 0) is 9.53 Å². The van der Waals surface area contributed by atoms with Crippen LogP contribution in [0.3, 0.4) is 0 Å². The highest BCUT2D eigenvalue weighted by Crippen LogP contribution is 2.54. The molecule has 1 aromatic carbocycles. The predicted molar refractivity (Wildman–Crippen MR) is 134 cm³/mol. The first-order chi connectivity index (χ1) is 17.5. The van der Waals surface area contributed by atoms with Crippen LogP contribution in [0.2, 0.25) is 0 Å². The van der Waals surface area contributed by atoms with E-state index in [0.29, 0.717) is 39.2 Å². The fourth-order valence-corrected chi connectivity index (χ4v) is 6.03. The molecule has 5 unspecified atom stereocenters. The Morgan fingerprint density at radius 3 is 2.67 bits per heavy atom. The number of nitrogens with zero attached hydrogens (tertiary/aromatic N) is 4. The molecule has 3 aliphatic heterocycles. The van der Waals surface area contributed by atoms with Crippen LogP contribution in [-0.4, -0.2) is 52.0 Å². The summed E-state index contributed by atoms with van der Waals surface area (Å²) in [5, 5.41) is 9.64. The van der Waals surface area contributed by atoms with Crippen LogP contribution in [0.25, 0.3) is 11.9 Å². The standard InChI is InChI=1S/C19H14F2N4S.C7H11NO2/c20-14-3-1-10(6-15(21)16-4-2-11(8-22)9-24-16)5-12(14)18-13-7-17(13)26-19(23)25-18;9-5-8-6-1-2-7(8)4-10-3-6/h1-6,9,13,17-18H,7H2,(H2,23,25);5-7H,1-4H2/b15-6-;. The van der Waals surface area contributed by atoms with Crippen molar-refractivity contribution in [2.45, 2.75) is 42.6 Å². The average Bonchev–Trinajstić information content (AvgIpc) is 3.63. The summed E-state index contributed by atoms with van der Waals surface area (Å²) in [6.07, 6.45) is 6.79. The lowest BCUT2D eigenvalue weighted by atomic mass is 9.99. The van der Waals surface area contributed by atoms with E-state index in [-0.39, 0.29) is 23.5 Å². The number of carbonyl (C=O) groups is 1. The Hall–Kier alpha value is -3.29. The molecule has 1 amide bonds. The van der Waals surface area contributed by atoms with Gasteiger partial charge >= 0.3 is 0 Å². The number of halogens is 2. The van der Waals surface area contributed by atoms with Crippen molar-refractivity contribution in [1.82, 2.24) is 9.88 Å². The van der Waals surface area contributed by atoms with Gasteiger partial charge in [0.05, 0.1) is 42.6 Å². The van der Waals surface area contributed by atoms with E-state index in [1.807, 2.05) is 11.0 Å². The summed E-state index contributed by atoms with van der Waals surface area (Å²) >= 11 is 1.54. The molecule has 0 spiro atoms. The van der Waals surface area contributed by atoms with Crippen LogP contribution in [0, 0.1) is 23.1 Å². The second kappa shape index (κ2) is 10.4. The number of amides is 1. The fourth-order valence-electron chi connectivity index (χ4n) is 4.91. The molecule has 2 bridgehead atoms. The lowest BCUT2D eigenvalue weighted by Crippen LogP contribution is -2.44. The smallest absolute Gasteiger partial charge is 0.210 e. The van der Waals surface area contributed by atoms with E-state index in [9.17, 15) is 13.6 Å². The molecule has 7 nitrogen and oxygen atoms in total. The highest BCUT2D eigenvalue weighted by molar-refractivity contribution is 8.14. The molecule has 4 aliphatic rings. The van der Waals surface area contributed by atoms with Crippen molar-refractivity contribution < 1.29 is 18.3 Å². The Bertz CT molecular complexity index is 1230. The number of hydrogen-bond donors (Lipinski definition) is 1. The minimum Gasteiger partial charge on any atom is -0.379 e. The SMILES string of the molecule is N#Cc1ccc(/C(F)=C/c2ccc(F)c(C3N=C(N)SC4CC43)c2)nc1.O=CN1C2CCC1COC2. The summed E-state index contributed by atoms with van der Waals surface area (Å²) < 4.78 is 34.1. The Labute approximate surface area is 212 Å². The summed E-state index contributed by atoms with van der Waals surface area (Å²) in [6.45, 7) is 1.49. The zero-order chi connectivity index (χ0) is 25.2. The van der Waals surface area contributed by atoms with Crippen molar-refractivity contribution in [3.05, 3.63) is 64.7 Å². The number of pyridine rings is 1. The Kier molecular flexibility index (Phi) is 7.03.